The van der Waals surface area contributed by atoms with Crippen LogP contribution in [0.5, 0.6) is 0 Å². The molecular weight excluding hydrogens is 194 g/mol. The van der Waals surface area contributed by atoms with Gasteiger partial charge in [-0.3, -0.25) is 0 Å². The summed E-state index contributed by atoms with van der Waals surface area (Å²) >= 11 is 5.85. The first kappa shape index (κ1) is 11.5. The highest BCUT2D eigenvalue weighted by atomic mass is 35.5. The Labute approximate surface area is 91.5 Å². The summed E-state index contributed by atoms with van der Waals surface area (Å²) in [6.45, 7) is 3.30. The highest BCUT2D eigenvalue weighted by Crippen LogP contribution is 2.23. The van der Waals surface area contributed by atoms with Crippen LogP contribution in [0.1, 0.15) is 31.2 Å². The highest BCUT2D eigenvalue weighted by molar-refractivity contribution is 6.30. The zero-order chi connectivity index (χ0) is 10.4. The lowest BCUT2D eigenvalue weighted by Gasteiger charge is -2.14. The Morgan fingerprint density at radius 3 is 2.43 bits per heavy atom. The van der Waals surface area contributed by atoms with Gasteiger partial charge in [-0.05, 0) is 50.0 Å². The fourth-order valence-corrected chi connectivity index (χ4v) is 1.79. The third-order valence-electron chi connectivity index (χ3n) is 2.58. The van der Waals surface area contributed by atoms with E-state index in [1.54, 1.807) is 0 Å². The summed E-state index contributed by atoms with van der Waals surface area (Å²) in [5.74, 6) is 0.653. The molecular formula is C12H18ClN. The van der Waals surface area contributed by atoms with Gasteiger partial charge in [0.25, 0.3) is 0 Å². The summed E-state index contributed by atoms with van der Waals surface area (Å²) < 4.78 is 0. The normalized spacial score (nSPS) is 12.8. The number of halogens is 1. The van der Waals surface area contributed by atoms with Gasteiger partial charge in [0.05, 0.1) is 0 Å². The lowest BCUT2D eigenvalue weighted by molar-refractivity contribution is 0.581. The van der Waals surface area contributed by atoms with E-state index in [1.165, 1.54) is 18.4 Å². The molecule has 0 aliphatic heterocycles. The maximum Gasteiger partial charge on any atom is 0.0406 e. The van der Waals surface area contributed by atoms with E-state index >= 15 is 0 Å². The van der Waals surface area contributed by atoms with Crippen molar-refractivity contribution in [2.24, 2.45) is 0 Å². The molecule has 0 fully saturated rings. The minimum absolute atomic E-state index is 0.653. The minimum Gasteiger partial charge on any atom is -0.320 e. The van der Waals surface area contributed by atoms with E-state index < -0.39 is 0 Å². The van der Waals surface area contributed by atoms with Gasteiger partial charge in [0.2, 0.25) is 0 Å². The Hall–Kier alpha value is -0.530. The Morgan fingerprint density at radius 2 is 1.93 bits per heavy atom. The molecule has 0 spiro atoms. The van der Waals surface area contributed by atoms with Crippen LogP contribution < -0.4 is 5.32 Å². The van der Waals surface area contributed by atoms with Crippen LogP contribution in [0.3, 0.4) is 0 Å². The smallest absolute Gasteiger partial charge is 0.0406 e. The van der Waals surface area contributed by atoms with E-state index in [1.807, 2.05) is 19.2 Å². The first-order chi connectivity index (χ1) is 6.77. The second kappa shape index (κ2) is 6.05. The molecule has 1 atom stereocenters. The largest absolute Gasteiger partial charge is 0.320 e. The predicted octanol–water partition coefficient (Wildman–Crippen LogP) is 3.44. The molecule has 1 unspecified atom stereocenters. The maximum atomic E-state index is 5.85. The molecule has 78 valence electrons. The molecule has 2 heteroatoms. The number of rotatable bonds is 5. The minimum atomic E-state index is 0.653. The number of hydrogen-bond donors (Lipinski definition) is 1. The Balaban J connectivity index is 2.64. The van der Waals surface area contributed by atoms with Gasteiger partial charge in [-0.15, -0.1) is 0 Å². The Morgan fingerprint density at radius 1 is 1.29 bits per heavy atom. The van der Waals surface area contributed by atoms with E-state index in [0.717, 1.165) is 11.6 Å². The molecule has 0 saturated carbocycles. The molecule has 1 rings (SSSR count). The van der Waals surface area contributed by atoms with E-state index in [2.05, 4.69) is 24.4 Å². The van der Waals surface area contributed by atoms with Crippen LogP contribution in [-0.2, 0) is 0 Å². The van der Waals surface area contributed by atoms with E-state index in [9.17, 15) is 0 Å². The fraction of sp³-hybridized carbons (Fsp3) is 0.500. The summed E-state index contributed by atoms with van der Waals surface area (Å²) in [5, 5.41) is 4.00. The molecule has 0 aliphatic rings. The van der Waals surface area contributed by atoms with Crippen LogP contribution >= 0.6 is 11.6 Å². The Kier molecular flexibility index (Phi) is 4.99. The second-order valence-corrected chi connectivity index (χ2v) is 3.99. The van der Waals surface area contributed by atoms with Crippen LogP contribution in [0.2, 0.25) is 5.02 Å². The van der Waals surface area contributed by atoms with Gasteiger partial charge < -0.3 is 5.32 Å². The lowest BCUT2D eigenvalue weighted by atomic mass is 9.93. The number of benzene rings is 1. The molecule has 0 aliphatic carbocycles. The third kappa shape index (κ3) is 3.32. The van der Waals surface area contributed by atoms with E-state index in [0.29, 0.717) is 5.92 Å². The van der Waals surface area contributed by atoms with Crippen molar-refractivity contribution in [3.63, 3.8) is 0 Å². The van der Waals surface area contributed by atoms with Crippen molar-refractivity contribution in [1.82, 2.24) is 5.32 Å². The van der Waals surface area contributed by atoms with Crippen molar-refractivity contribution < 1.29 is 0 Å². The molecule has 1 N–H and O–H groups in total. The van der Waals surface area contributed by atoms with Gasteiger partial charge in [0.15, 0.2) is 0 Å². The highest BCUT2D eigenvalue weighted by Gasteiger charge is 2.07. The predicted molar refractivity (Wildman–Crippen MR) is 63.0 cm³/mol. The summed E-state index contributed by atoms with van der Waals surface area (Å²) in [6.07, 6.45) is 2.37. The number of nitrogens with one attached hydrogen (secondary N) is 1. The molecule has 1 nitrogen and oxygen atoms in total. The van der Waals surface area contributed by atoms with Crippen LogP contribution in [0.15, 0.2) is 24.3 Å². The standard InChI is InChI=1S/C12H18ClN/c1-3-10(8-9-14-2)11-4-6-12(13)7-5-11/h4-7,10,14H,3,8-9H2,1-2H3. The zero-order valence-corrected chi connectivity index (χ0v) is 9.64. The first-order valence-electron chi connectivity index (χ1n) is 5.18. The Bertz CT molecular complexity index is 256. The van der Waals surface area contributed by atoms with Gasteiger partial charge in [-0.1, -0.05) is 30.7 Å². The van der Waals surface area contributed by atoms with Crippen LogP contribution in [0.25, 0.3) is 0 Å². The molecule has 14 heavy (non-hydrogen) atoms. The van der Waals surface area contributed by atoms with Gasteiger partial charge in [0.1, 0.15) is 0 Å². The van der Waals surface area contributed by atoms with Gasteiger partial charge in [0, 0.05) is 5.02 Å². The molecule has 0 bridgehead atoms. The SMILES string of the molecule is CCC(CCNC)c1ccc(Cl)cc1. The van der Waals surface area contributed by atoms with Crippen molar-refractivity contribution in [1.29, 1.82) is 0 Å². The first-order valence-corrected chi connectivity index (χ1v) is 5.55. The summed E-state index contributed by atoms with van der Waals surface area (Å²) in [6, 6.07) is 8.20. The van der Waals surface area contributed by atoms with Gasteiger partial charge in [-0.25, -0.2) is 0 Å². The monoisotopic (exact) mass is 211 g/mol. The quantitative estimate of drug-likeness (QED) is 0.787. The van der Waals surface area contributed by atoms with Crippen molar-refractivity contribution in [3.05, 3.63) is 34.9 Å². The van der Waals surface area contributed by atoms with Crippen LogP contribution in [-0.4, -0.2) is 13.6 Å². The second-order valence-electron chi connectivity index (χ2n) is 3.55. The molecule has 0 radical (unpaired) electrons. The molecule has 0 amide bonds. The molecule has 1 aromatic rings. The van der Waals surface area contributed by atoms with E-state index in [-0.39, 0.29) is 0 Å². The van der Waals surface area contributed by atoms with Crippen molar-refractivity contribution in [3.8, 4) is 0 Å². The maximum absolute atomic E-state index is 5.85. The van der Waals surface area contributed by atoms with Crippen molar-refractivity contribution in [2.45, 2.75) is 25.7 Å². The summed E-state index contributed by atoms with van der Waals surface area (Å²) in [7, 11) is 1.99. The van der Waals surface area contributed by atoms with Crippen molar-refractivity contribution in [2.75, 3.05) is 13.6 Å². The zero-order valence-electron chi connectivity index (χ0n) is 8.89. The van der Waals surface area contributed by atoms with Crippen molar-refractivity contribution >= 4 is 11.6 Å². The lowest BCUT2D eigenvalue weighted by Crippen LogP contribution is -2.11. The number of hydrogen-bond acceptors (Lipinski definition) is 1. The molecule has 0 saturated heterocycles. The molecule has 0 heterocycles. The van der Waals surface area contributed by atoms with Gasteiger partial charge in [-0.2, -0.15) is 0 Å². The summed E-state index contributed by atoms with van der Waals surface area (Å²) in [4.78, 5) is 0. The van der Waals surface area contributed by atoms with E-state index in [4.69, 9.17) is 11.6 Å². The molecule has 1 aromatic carbocycles. The average molecular weight is 212 g/mol. The average Bonchev–Trinajstić information content (AvgIpc) is 2.21. The fourth-order valence-electron chi connectivity index (χ4n) is 1.66. The topological polar surface area (TPSA) is 12.0 Å². The van der Waals surface area contributed by atoms with Crippen LogP contribution in [0.4, 0.5) is 0 Å². The van der Waals surface area contributed by atoms with Crippen LogP contribution in [0, 0.1) is 0 Å². The molecule has 0 aromatic heterocycles. The summed E-state index contributed by atoms with van der Waals surface area (Å²) in [5.41, 5.74) is 1.40. The third-order valence-corrected chi connectivity index (χ3v) is 2.83. The van der Waals surface area contributed by atoms with Gasteiger partial charge >= 0.3 is 0 Å².